The van der Waals surface area contributed by atoms with Crippen LogP contribution in [-0.2, 0) is 11.2 Å². The normalized spacial score (nSPS) is 13.0. The van der Waals surface area contributed by atoms with E-state index >= 15 is 0 Å². The second kappa shape index (κ2) is 3.39. The van der Waals surface area contributed by atoms with Crippen LogP contribution in [0.3, 0.4) is 0 Å². The molecule has 0 radical (unpaired) electrons. The Bertz CT molecular complexity index is 483. The molecule has 0 N–H and O–H groups in total. The lowest BCUT2D eigenvalue weighted by molar-refractivity contribution is -0.103. The largest absolute Gasteiger partial charge is 0.298 e. The first-order chi connectivity index (χ1) is 6.77. The fraction of sp³-hybridized carbons (Fsp3) is 0.0909. The van der Waals surface area contributed by atoms with E-state index in [2.05, 4.69) is 22.0 Å². The predicted molar refractivity (Wildman–Crippen MR) is 56.6 cm³/mol. The van der Waals surface area contributed by atoms with E-state index in [1.54, 1.807) is 12.1 Å². The van der Waals surface area contributed by atoms with Gasteiger partial charge in [-0.2, -0.15) is 5.26 Å². The summed E-state index contributed by atoms with van der Waals surface area (Å²) < 4.78 is 0.877. The Labute approximate surface area is 90.0 Å². The molecule has 0 unspecified atom stereocenters. The van der Waals surface area contributed by atoms with Crippen molar-refractivity contribution in [3.8, 4) is 6.07 Å². The molecule has 1 aliphatic carbocycles. The van der Waals surface area contributed by atoms with E-state index in [1.807, 2.05) is 6.08 Å². The van der Waals surface area contributed by atoms with E-state index in [0.717, 1.165) is 21.9 Å². The Balaban J connectivity index is 2.71. The predicted octanol–water partition coefficient (Wildman–Crippen LogP) is 2.46. The van der Waals surface area contributed by atoms with E-state index in [4.69, 9.17) is 5.26 Å². The van der Waals surface area contributed by atoms with Gasteiger partial charge in [0.05, 0.1) is 11.6 Å². The van der Waals surface area contributed by atoms with Crippen LogP contribution in [0.1, 0.15) is 16.7 Å². The Morgan fingerprint density at radius 1 is 1.50 bits per heavy atom. The minimum absolute atomic E-state index is 0.649. The molecule has 1 aliphatic rings. The Morgan fingerprint density at radius 2 is 2.29 bits per heavy atom. The monoisotopic (exact) mass is 247 g/mol. The number of nitriles is 1. The smallest absolute Gasteiger partial charge is 0.150 e. The molecule has 0 saturated carbocycles. The summed E-state index contributed by atoms with van der Waals surface area (Å²) in [6, 6.07) is 5.70. The van der Waals surface area contributed by atoms with Crippen LogP contribution >= 0.6 is 15.9 Å². The maximum absolute atomic E-state index is 10.7. The average Bonchev–Trinajstić information content (AvgIpc) is 2.63. The number of nitrogens with zero attached hydrogens (tertiary/aromatic N) is 1. The minimum Gasteiger partial charge on any atom is -0.298 e. The van der Waals surface area contributed by atoms with Crippen molar-refractivity contribution in [2.24, 2.45) is 0 Å². The molecule has 3 heteroatoms. The van der Waals surface area contributed by atoms with Crippen LogP contribution in [0.15, 0.2) is 22.7 Å². The number of halogens is 1. The highest BCUT2D eigenvalue weighted by atomic mass is 79.9. The van der Waals surface area contributed by atoms with Crippen molar-refractivity contribution in [1.29, 1.82) is 5.26 Å². The number of fused-ring (bicyclic) bond motifs is 1. The lowest BCUT2D eigenvalue weighted by Gasteiger charge is -2.05. The third-order valence-corrected chi connectivity index (χ3v) is 2.99. The van der Waals surface area contributed by atoms with Gasteiger partial charge in [-0.15, -0.1) is 0 Å². The van der Waals surface area contributed by atoms with Crippen LogP contribution in [0.5, 0.6) is 0 Å². The molecule has 14 heavy (non-hydrogen) atoms. The van der Waals surface area contributed by atoms with Crippen molar-refractivity contribution in [1.82, 2.24) is 0 Å². The van der Waals surface area contributed by atoms with Crippen molar-refractivity contribution in [3.63, 3.8) is 0 Å². The molecule has 1 aromatic rings. The fourth-order valence-corrected chi connectivity index (χ4v) is 2.27. The van der Waals surface area contributed by atoms with Crippen molar-refractivity contribution in [2.75, 3.05) is 0 Å². The first kappa shape index (κ1) is 9.17. The highest BCUT2D eigenvalue weighted by Gasteiger charge is 2.19. The molecule has 2 nitrogen and oxygen atoms in total. The topological polar surface area (TPSA) is 40.9 Å². The third kappa shape index (κ3) is 1.19. The van der Waals surface area contributed by atoms with Crippen LogP contribution in [0, 0.1) is 11.3 Å². The lowest BCUT2D eigenvalue weighted by atomic mass is 10.0. The molecular weight excluding hydrogens is 242 g/mol. The molecule has 0 fully saturated rings. The zero-order chi connectivity index (χ0) is 10.1. The van der Waals surface area contributed by atoms with Gasteiger partial charge in [0.25, 0.3) is 0 Å². The van der Waals surface area contributed by atoms with E-state index < -0.39 is 0 Å². The highest BCUT2D eigenvalue weighted by molar-refractivity contribution is 9.10. The molecule has 0 heterocycles. The van der Waals surface area contributed by atoms with Crippen LogP contribution in [-0.4, -0.2) is 6.29 Å². The number of hydrogen-bond donors (Lipinski definition) is 0. The fourth-order valence-electron chi connectivity index (χ4n) is 1.67. The van der Waals surface area contributed by atoms with Crippen LogP contribution < -0.4 is 0 Å². The van der Waals surface area contributed by atoms with Crippen molar-refractivity contribution in [2.45, 2.75) is 6.42 Å². The molecule has 0 aliphatic heterocycles. The van der Waals surface area contributed by atoms with Gasteiger partial charge in [0.1, 0.15) is 6.29 Å². The van der Waals surface area contributed by atoms with Gasteiger partial charge in [0.15, 0.2) is 0 Å². The van der Waals surface area contributed by atoms with Crippen molar-refractivity contribution < 1.29 is 4.79 Å². The van der Waals surface area contributed by atoms with Gasteiger partial charge in [0.2, 0.25) is 0 Å². The van der Waals surface area contributed by atoms with Gasteiger partial charge in [0, 0.05) is 15.6 Å². The van der Waals surface area contributed by atoms with Gasteiger partial charge < -0.3 is 0 Å². The van der Waals surface area contributed by atoms with Crippen LogP contribution in [0.4, 0.5) is 0 Å². The summed E-state index contributed by atoms with van der Waals surface area (Å²) in [4.78, 5) is 10.7. The van der Waals surface area contributed by atoms with Gasteiger partial charge in [-0.25, -0.2) is 0 Å². The number of benzene rings is 1. The van der Waals surface area contributed by atoms with Crippen molar-refractivity contribution in [3.05, 3.63) is 39.4 Å². The summed E-state index contributed by atoms with van der Waals surface area (Å²) in [5, 5.41) is 8.87. The highest BCUT2D eigenvalue weighted by Crippen LogP contribution is 2.34. The van der Waals surface area contributed by atoms with E-state index in [-0.39, 0.29) is 0 Å². The SMILES string of the molecule is N#Cc1ccc(Br)c2c1CC=C2C=O. The summed E-state index contributed by atoms with van der Waals surface area (Å²) >= 11 is 3.38. The molecule has 0 saturated heterocycles. The second-order valence-corrected chi connectivity index (χ2v) is 3.90. The van der Waals surface area contributed by atoms with Crippen LogP contribution in [0.25, 0.3) is 5.57 Å². The number of rotatable bonds is 1. The molecule has 68 valence electrons. The Hall–Kier alpha value is -1.40. The molecule has 1 aromatic carbocycles. The number of allylic oxidation sites excluding steroid dienone is 2. The maximum atomic E-state index is 10.7. The summed E-state index contributed by atoms with van der Waals surface area (Å²) in [5.41, 5.74) is 3.14. The lowest BCUT2D eigenvalue weighted by Crippen LogP contribution is -1.92. The van der Waals surface area contributed by atoms with Crippen LogP contribution in [0.2, 0.25) is 0 Å². The van der Waals surface area contributed by atoms with Gasteiger partial charge in [-0.1, -0.05) is 22.0 Å². The van der Waals surface area contributed by atoms with Gasteiger partial charge in [-0.3, -0.25) is 4.79 Å². The van der Waals surface area contributed by atoms with Gasteiger partial charge in [-0.05, 0) is 24.1 Å². The average molecular weight is 248 g/mol. The molecular formula is C11H6BrNO. The van der Waals surface area contributed by atoms with E-state index in [0.29, 0.717) is 17.6 Å². The minimum atomic E-state index is 0.649. The third-order valence-electron chi connectivity index (χ3n) is 2.32. The summed E-state index contributed by atoms with van der Waals surface area (Å²) in [5.74, 6) is 0. The molecule has 0 amide bonds. The zero-order valence-corrected chi connectivity index (χ0v) is 8.84. The summed E-state index contributed by atoms with van der Waals surface area (Å²) in [6.45, 7) is 0. The molecule has 0 atom stereocenters. The van der Waals surface area contributed by atoms with E-state index in [1.165, 1.54) is 0 Å². The quantitative estimate of drug-likeness (QED) is 0.716. The zero-order valence-electron chi connectivity index (χ0n) is 7.25. The second-order valence-electron chi connectivity index (χ2n) is 3.04. The maximum Gasteiger partial charge on any atom is 0.150 e. The number of aldehydes is 1. The molecule has 0 aromatic heterocycles. The first-order valence-electron chi connectivity index (χ1n) is 4.15. The first-order valence-corrected chi connectivity index (χ1v) is 4.94. The standard InChI is InChI=1S/C11H6BrNO/c12-10-4-2-7(5-13)9-3-1-8(6-14)11(9)10/h1-2,4,6H,3H2. The molecule has 0 bridgehead atoms. The number of hydrogen-bond acceptors (Lipinski definition) is 2. The Kier molecular flexibility index (Phi) is 2.22. The Morgan fingerprint density at radius 3 is 2.93 bits per heavy atom. The van der Waals surface area contributed by atoms with Crippen molar-refractivity contribution >= 4 is 27.8 Å². The van der Waals surface area contributed by atoms with Gasteiger partial charge >= 0.3 is 0 Å². The van der Waals surface area contributed by atoms with E-state index in [9.17, 15) is 4.79 Å². The number of carbonyl (C=O) groups is 1. The summed E-state index contributed by atoms with van der Waals surface area (Å²) in [7, 11) is 0. The molecule has 2 rings (SSSR count). The number of carbonyl (C=O) groups excluding carboxylic acids is 1. The summed E-state index contributed by atoms with van der Waals surface area (Å²) in [6.07, 6.45) is 3.35. The molecule has 0 spiro atoms.